The molecule has 1 aliphatic rings. The van der Waals surface area contributed by atoms with Crippen molar-refractivity contribution in [2.45, 2.75) is 19.8 Å². The Morgan fingerprint density at radius 2 is 2.37 bits per heavy atom. The number of nitrogens with zero attached hydrogens (tertiary/aromatic N) is 1. The van der Waals surface area contributed by atoms with Crippen LogP contribution in [0.15, 0.2) is 22.7 Å². The molecule has 1 saturated heterocycles. The summed E-state index contributed by atoms with van der Waals surface area (Å²) in [5.41, 5.74) is 1.10. The summed E-state index contributed by atoms with van der Waals surface area (Å²) < 4.78 is 6.82. The Bertz CT molecular complexity index is 464. The Kier molecular flexibility index (Phi) is 4.69. The maximum absolute atomic E-state index is 10.8. The zero-order valence-electron chi connectivity index (χ0n) is 10.9. The fourth-order valence-electron chi connectivity index (χ4n) is 2.32. The molecule has 0 aliphatic carbocycles. The van der Waals surface area contributed by atoms with E-state index in [1.165, 1.54) is 4.90 Å². The van der Waals surface area contributed by atoms with E-state index >= 15 is 0 Å². The Labute approximate surface area is 121 Å². The molecule has 0 radical (unpaired) electrons. The number of benzene rings is 1. The lowest BCUT2D eigenvalue weighted by Crippen LogP contribution is -2.26. The summed E-state index contributed by atoms with van der Waals surface area (Å²) in [6.07, 6.45) is 1.02. The molecule has 19 heavy (non-hydrogen) atoms. The van der Waals surface area contributed by atoms with Gasteiger partial charge < -0.3 is 14.7 Å². The first kappa shape index (κ1) is 14.2. The molecule has 0 saturated carbocycles. The Hall–Kier alpha value is -1.23. The zero-order chi connectivity index (χ0) is 13.8. The van der Waals surface area contributed by atoms with Crippen molar-refractivity contribution < 1.29 is 14.6 Å². The number of carboxylic acid groups (broad SMARTS) is 1. The Morgan fingerprint density at radius 1 is 1.58 bits per heavy atom. The standard InChI is InChI=1S/C14H18BrNO3/c1-10-12(15)3-2-4-13(10)19-8-6-11-5-7-16(9-11)14(17)18/h2-4,11H,5-9H2,1H3,(H,17,18)/t11-/m0/s1. The van der Waals surface area contributed by atoms with E-state index < -0.39 is 6.09 Å². The number of hydrogen-bond donors (Lipinski definition) is 1. The molecule has 0 bridgehead atoms. The molecule has 1 heterocycles. The molecular weight excluding hydrogens is 310 g/mol. The number of likely N-dealkylation sites (tertiary alicyclic amines) is 1. The molecule has 1 N–H and O–H groups in total. The summed E-state index contributed by atoms with van der Waals surface area (Å²) in [6.45, 7) is 3.93. The summed E-state index contributed by atoms with van der Waals surface area (Å²) in [5.74, 6) is 1.31. The summed E-state index contributed by atoms with van der Waals surface area (Å²) in [7, 11) is 0. The Morgan fingerprint density at radius 3 is 3.05 bits per heavy atom. The van der Waals surface area contributed by atoms with Gasteiger partial charge in [0.2, 0.25) is 0 Å². The fourth-order valence-corrected chi connectivity index (χ4v) is 2.67. The van der Waals surface area contributed by atoms with Gasteiger partial charge >= 0.3 is 6.09 Å². The lowest BCUT2D eigenvalue weighted by Gasteiger charge is -2.14. The van der Waals surface area contributed by atoms with Crippen molar-refractivity contribution in [3.8, 4) is 5.75 Å². The zero-order valence-corrected chi connectivity index (χ0v) is 12.5. The van der Waals surface area contributed by atoms with E-state index in [9.17, 15) is 4.79 Å². The predicted molar refractivity (Wildman–Crippen MR) is 76.7 cm³/mol. The number of rotatable bonds is 4. The van der Waals surface area contributed by atoms with Gasteiger partial charge in [-0.3, -0.25) is 0 Å². The molecule has 1 aromatic carbocycles. The van der Waals surface area contributed by atoms with Crippen molar-refractivity contribution in [2.24, 2.45) is 5.92 Å². The van der Waals surface area contributed by atoms with Crippen LogP contribution in [0.1, 0.15) is 18.4 Å². The minimum absolute atomic E-state index is 0.420. The first-order valence-electron chi connectivity index (χ1n) is 6.43. The average Bonchev–Trinajstić information content (AvgIpc) is 2.83. The van der Waals surface area contributed by atoms with Gasteiger partial charge in [-0.25, -0.2) is 4.79 Å². The molecule has 5 heteroatoms. The maximum Gasteiger partial charge on any atom is 0.407 e. The van der Waals surface area contributed by atoms with Crippen molar-refractivity contribution in [1.82, 2.24) is 4.90 Å². The molecule has 0 spiro atoms. The second-order valence-electron chi connectivity index (χ2n) is 4.88. The highest BCUT2D eigenvalue weighted by Gasteiger charge is 2.25. The highest BCUT2D eigenvalue weighted by Crippen LogP contribution is 2.26. The van der Waals surface area contributed by atoms with E-state index in [0.717, 1.165) is 28.6 Å². The van der Waals surface area contributed by atoms with Gasteiger partial charge in [0.05, 0.1) is 6.61 Å². The molecule has 1 atom stereocenters. The third-order valence-electron chi connectivity index (χ3n) is 3.56. The molecule has 1 aromatic rings. The molecule has 0 unspecified atom stereocenters. The smallest absolute Gasteiger partial charge is 0.407 e. The molecule has 104 valence electrons. The van der Waals surface area contributed by atoms with Crippen molar-refractivity contribution in [1.29, 1.82) is 0 Å². The van der Waals surface area contributed by atoms with Crippen LogP contribution in [0.2, 0.25) is 0 Å². The maximum atomic E-state index is 10.8. The van der Waals surface area contributed by atoms with Crippen molar-refractivity contribution in [3.05, 3.63) is 28.2 Å². The van der Waals surface area contributed by atoms with Gasteiger partial charge in [-0.15, -0.1) is 0 Å². The van der Waals surface area contributed by atoms with E-state index in [1.54, 1.807) is 0 Å². The van der Waals surface area contributed by atoms with Crippen LogP contribution in [0.5, 0.6) is 5.75 Å². The predicted octanol–water partition coefficient (Wildman–Crippen LogP) is 3.53. The fraction of sp³-hybridized carbons (Fsp3) is 0.500. The number of carbonyl (C=O) groups is 1. The van der Waals surface area contributed by atoms with Gasteiger partial charge in [0.1, 0.15) is 5.75 Å². The third-order valence-corrected chi connectivity index (χ3v) is 4.42. The molecule has 1 aliphatic heterocycles. The van der Waals surface area contributed by atoms with Gasteiger partial charge in [0, 0.05) is 23.1 Å². The summed E-state index contributed by atoms with van der Waals surface area (Å²) >= 11 is 3.48. The Balaban J connectivity index is 1.78. The quantitative estimate of drug-likeness (QED) is 0.920. The van der Waals surface area contributed by atoms with E-state index in [-0.39, 0.29) is 0 Å². The average molecular weight is 328 g/mol. The molecule has 1 fully saturated rings. The third kappa shape index (κ3) is 3.62. The summed E-state index contributed by atoms with van der Waals surface area (Å²) in [5, 5.41) is 8.89. The van der Waals surface area contributed by atoms with E-state index in [4.69, 9.17) is 9.84 Å². The van der Waals surface area contributed by atoms with Crippen LogP contribution < -0.4 is 4.74 Å². The van der Waals surface area contributed by atoms with E-state index in [1.807, 2.05) is 25.1 Å². The lowest BCUT2D eigenvalue weighted by atomic mass is 10.1. The van der Waals surface area contributed by atoms with Gasteiger partial charge in [0.25, 0.3) is 0 Å². The second kappa shape index (κ2) is 6.28. The van der Waals surface area contributed by atoms with Gasteiger partial charge in [0.15, 0.2) is 0 Å². The number of halogens is 1. The minimum Gasteiger partial charge on any atom is -0.493 e. The first-order chi connectivity index (χ1) is 9.08. The lowest BCUT2D eigenvalue weighted by molar-refractivity contribution is 0.153. The largest absolute Gasteiger partial charge is 0.493 e. The summed E-state index contributed by atoms with van der Waals surface area (Å²) in [6, 6.07) is 5.90. The normalized spacial score (nSPS) is 18.6. The molecule has 0 aromatic heterocycles. The van der Waals surface area contributed by atoms with Crippen LogP contribution in [0, 0.1) is 12.8 Å². The minimum atomic E-state index is -0.814. The summed E-state index contributed by atoms with van der Waals surface area (Å²) in [4.78, 5) is 12.3. The van der Waals surface area contributed by atoms with Crippen LogP contribution >= 0.6 is 15.9 Å². The van der Waals surface area contributed by atoms with Crippen LogP contribution in [-0.2, 0) is 0 Å². The highest BCUT2D eigenvalue weighted by molar-refractivity contribution is 9.10. The van der Waals surface area contributed by atoms with Crippen molar-refractivity contribution in [2.75, 3.05) is 19.7 Å². The second-order valence-corrected chi connectivity index (χ2v) is 5.74. The van der Waals surface area contributed by atoms with Crippen molar-refractivity contribution in [3.63, 3.8) is 0 Å². The van der Waals surface area contributed by atoms with Crippen LogP contribution in [-0.4, -0.2) is 35.8 Å². The number of hydrogen-bond acceptors (Lipinski definition) is 2. The molecule has 2 rings (SSSR count). The van der Waals surface area contributed by atoms with Gasteiger partial charge in [-0.1, -0.05) is 22.0 Å². The van der Waals surface area contributed by atoms with Crippen LogP contribution in [0.3, 0.4) is 0 Å². The monoisotopic (exact) mass is 327 g/mol. The molecule has 1 amide bonds. The van der Waals surface area contributed by atoms with Gasteiger partial charge in [-0.05, 0) is 37.8 Å². The van der Waals surface area contributed by atoms with E-state index in [2.05, 4.69) is 15.9 Å². The number of ether oxygens (including phenoxy) is 1. The highest BCUT2D eigenvalue weighted by atomic mass is 79.9. The van der Waals surface area contributed by atoms with Crippen LogP contribution in [0.4, 0.5) is 4.79 Å². The molecular formula is C14H18BrNO3. The van der Waals surface area contributed by atoms with Crippen LogP contribution in [0.25, 0.3) is 0 Å². The first-order valence-corrected chi connectivity index (χ1v) is 7.23. The van der Waals surface area contributed by atoms with Gasteiger partial charge in [-0.2, -0.15) is 0 Å². The molecule has 4 nitrogen and oxygen atoms in total. The topological polar surface area (TPSA) is 49.8 Å². The number of amides is 1. The van der Waals surface area contributed by atoms with E-state index in [0.29, 0.717) is 25.6 Å². The van der Waals surface area contributed by atoms with Crippen molar-refractivity contribution >= 4 is 22.0 Å². The SMILES string of the molecule is Cc1c(Br)cccc1OCC[C@@H]1CCN(C(=O)O)C1.